The van der Waals surface area contributed by atoms with Crippen molar-refractivity contribution in [1.82, 2.24) is 19.5 Å². The molecule has 5 atom stereocenters. The predicted molar refractivity (Wildman–Crippen MR) is 128 cm³/mol. The van der Waals surface area contributed by atoms with E-state index in [1.807, 2.05) is 18.2 Å². The van der Waals surface area contributed by atoms with E-state index >= 15 is 0 Å². The second-order valence-corrected chi connectivity index (χ2v) is 10.1. The molecule has 10 heteroatoms. The van der Waals surface area contributed by atoms with Gasteiger partial charge in [0, 0.05) is 11.6 Å². The van der Waals surface area contributed by atoms with E-state index in [9.17, 15) is 10.2 Å². The Morgan fingerprint density at radius 2 is 2.12 bits per heavy atom. The van der Waals surface area contributed by atoms with E-state index in [0.29, 0.717) is 34.8 Å². The van der Waals surface area contributed by atoms with Crippen LogP contribution >= 0.6 is 27.5 Å². The first-order valence-corrected chi connectivity index (χ1v) is 11.9. The van der Waals surface area contributed by atoms with Crippen molar-refractivity contribution < 1.29 is 14.9 Å². The van der Waals surface area contributed by atoms with Crippen LogP contribution in [0.5, 0.6) is 0 Å². The van der Waals surface area contributed by atoms with E-state index < -0.39 is 24.0 Å². The molecule has 2 aliphatic rings. The Kier molecular flexibility index (Phi) is 4.90. The van der Waals surface area contributed by atoms with Crippen molar-refractivity contribution in [2.24, 2.45) is 5.92 Å². The molecule has 1 saturated carbocycles. The van der Waals surface area contributed by atoms with Crippen molar-refractivity contribution in [2.45, 2.75) is 43.3 Å². The fraction of sp³-hybridized carbons (Fsp3) is 0.348. The standard InChI is InChI=1S/C23H21BrClN5O3/c24-15-9-12-2-1-11(8-16(12)29-20(15)26)7-13-3-5-23(32)17(31)22(33-18(13)23)30-6-4-14-19(25)27-10-28-21(14)30/h1-2,4,6,8-10,13,17-18,22,31-32H,3,5,7H2,(H2,26,29)/t13-,17?,18+,22+,23-/m0/s1. The van der Waals surface area contributed by atoms with Crippen molar-refractivity contribution in [3.63, 3.8) is 0 Å². The molecule has 1 unspecified atom stereocenters. The number of halogens is 2. The molecule has 6 rings (SSSR count). The van der Waals surface area contributed by atoms with Crippen LogP contribution in [0.4, 0.5) is 5.82 Å². The van der Waals surface area contributed by atoms with Gasteiger partial charge in [-0.3, -0.25) is 0 Å². The van der Waals surface area contributed by atoms with E-state index in [-0.39, 0.29) is 5.92 Å². The maximum atomic E-state index is 11.4. The summed E-state index contributed by atoms with van der Waals surface area (Å²) in [4.78, 5) is 12.8. The van der Waals surface area contributed by atoms with Crippen LogP contribution in [-0.2, 0) is 11.2 Å². The van der Waals surface area contributed by atoms with Gasteiger partial charge in [0.05, 0.1) is 21.5 Å². The minimum Gasteiger partial charge on any atom is -0.385 e. The Hall–Kier alpha value is -2.30. The van der Waals surface area contributed by atoms with Gasteiger partial charge in [0.1, 0.15) is 34.7 Å². The van der Waals surface area contributed by atoms with Gasteiger partial charge >= 0.3 is 0 Å². The van der Waals surface area contributed by atoms with E-state index in [2.05, 4.69) is 36.9 Å². The van der Waals surface area contributed by atoms with Gasteiger partial charge in [0.25, 0.3) is 0 Å². The number of hydrogen-bond donors (Lipinski definition) is 3. The highest BCUT2D eigenvalue weighted by Crippen LogP contribution is 2.50. The number of nitrogens with zero attached hydrogens (tertiary/aromatic N) is 4. The number of aliphatic hydroxyl groups excluding tert-OH is 1. The van der Waals surface area contributed by atoms with E-state index in [0.717, 1.165) is 27.4 Å². The topological polar surface area (TPSA) is 119 Å². The average Bonchev–Trinajstić information content (AvgIpc) is 3.42. The molecule has 1 aliphatic carbocycles. The summed E-state index contributed by atoms with van der Waals surface area (Å²) >= 11 is 9.59. The maximum absolute atomic E-state index is 11.4. The molecule has 0 radical (unpaired) electrons. The Morgan fingerprint density at radius 3 is 2.97 bits per heavy atom. The average molecular weight is 531 g/mol. The summed E-state index contributed by atoms with van der Waals surface area (Å²) in [5, 5.41) is 24.5. The minimum absolute atomic E-state index is 0.0416. The van der Waals surface area contributed by atoms with Crippen LogP contribution < -0.4 is 5.73 Å². The third-order valence-electron chi connectivity index (χ3n) is 7.00. The molecule has 8 nitrogen and oxygen atoms in total. The smallest absolute Gasteiger partial charge is 0.164 e. The van der Waals surface area contributed by atoms with Crippen LogP contribution in [-0.4, -0.2) is 47.5 Å². The number of aliphatic hydroxyl groups is 2. The second-order valence-electron chi connectivity index (χ2n) is 8.89. The zero-order valence-electron chi connectivity index (χ0n) is 17.4. The van der Waals surface area contributed by atoms with Crippen molar-refractivity contribution in [3.8, 4) is 0 Å². The van der Waals surface area contributed by atoms with Crippen LogP contribution in [0, 0.1) is 5.92 Å². The molecule has 1 saturated heterocycles. The first-order chi connectivity index (χ1) is 15.8. The quantitative estimate of drug-likeness (QED) is 0.346. The van der Waals surface area contributed by atoms with E-state index in [1.54, 1.807) is 16.8 Å². The molecule has 3 aromatic heterocycles. The number of fused-ring (bicyclic) bond motifs is 3. The van der Waals surface area contributed by atoms with Crippen molar-refractivity contribution in [1.29, 1.82) is 0 Å². The summed E-state index contributed by atoms with van der Waals surface area (Å²) in [5.74, 6) is 0.489. The van der Waals surface area contributed by atoms with Crippen LogP contribution in [0.15, 0.2) is 47.3 Å². The minimum atomic E-state index is -1.33. The van der Waals surface area contributed by atoms with Crippen LogP contribution in [0.1, 0.15) is 24.6 Å². The molecular formula is C23H21BrClN5O3. The molecular weight excluding hydrogens is 510 g/mol. The molecule has 0 bridgehead atoms. The van der Waals surface area contributed by atoms with Crippen LogP contribution in [0.3, 0.4) is 0 Å². The summed E-state index contributed by atoms with van der Waals surface area (Å²) in [6.45, 7) is 0. The Morgan fingerprint density at radius 1 is 1.27 bits per heavy atom. The van der Waals surface area contributed by atoms with Gasteiger partial charge in [-0.05, 0) is 64.9 Å². The number of hydrogen-bond acceptors (Lipinski definition) is 7. The molecule has 4 aromatic rings. The lowest BCUT2D eigenvalue weighted by Gasteiger charge is -2.26. The SMILES string of the molecule is Nc1nc2cc(C[C@@H]3CC[C@]4(O)C(O)[C@H](n5ccc6c(Cl)ncnc65)O[C@H]34)ccc2cc1Br. The summed E-state index contributed by atoms with van der Waals surface area (Å²) in [6.07, 6.45) is 2.68. The number of ether oxygens (including phenoxy) is 1. The van der Waals surface area contributed by atoms with Gasteiger partial charge in [0.2, 0.25) is 0 Å². The third kappa shape index (κ3) is 3.25. The van der Waals surface area contributed by atoms with Crippen molar-refractivity contribution in [2.75, 3.05) is 5.73 Å². The fourth-order valence-electron chi connectivity index (χ4n) is 5.34. The lowest BCUT2D eigenvalue weighted by molar-refractivity contribution is -0.0675. The molecule has 33 heavy (non-hydrogen) atoms. The number of anilines is 1. The lowest BCUT2D eigenvalue weighted by Crippen LogP contribution is -2.45. The lowest BCUT2D eigenvalue weighted by atomic mass is 9.90. The van der Waals surface area contributed by atoms with Gasteiger partial charge in [-0.15, -0.1) is 0 Å². The largest absolute Gasteiger partial charge is 0.385 e. The second kappa shape index (κ2) is 7.61. The van der Waals surface area contributed by atoms with Crippen molar-refractivity contribution in [3.05, 3.63) is 58.0 Å². The Balaban J connectivity index is 1.29. The van der Waals surface area contributed by atoms with Crippen LogP contribution in [0.2, 0.25) is 5.15 Å². The molecule has 4 N–H and O–H groups in total. The number of pyridine rings is 1. The number of benzene rings is 1. The highest BCUT2D eigenvalue weighted by atomic mass is 79.9. The highest BCUT2D eigenvalue weighted by molar-refractivity contribution is 9.10. The first kappa shape index (κ1) is 21.2. The molecule has 0 amide bonds. The molecule has 1 aromatic carbocycles. The maximum Gasteiger partial charge on any atom is 0.164 e. The van der Waals surface area contributed by atoms with Gasteiger partial charge < -0.3 is 25.3 Å². The highest BCUT2D eigenvalue weighted by Gasteiger charge is 2.61. The number of aromatic nitrogens is 4. The van der Waals surface area contributed by atoms with Crippen molar-refractivity contribution >= 4 is 55.3 Å². The van der Waals surface area contributed by atoms with E-state index in [4.69, 9.17) is 22.1 Å². The van der Waals surface area contributed by atoms with E-state index in [1.165, 1.54) is 6.33 Å². The summed E-state index contributed by atoms with van der Waals surface area (Å²) in [7, 11) is 0. The normalized spacial score (nSPS) is 29.2. The van der Waals surface area contributed by atoms with Gasteiger partial charge in [-0.2, -0.15) is 0 Å². The zero-order valence-corrected chi connectivity index (χ0v) is 19.7. The third-order valence-corrected chi connectivity index (χ3v) is 7.94. The number of nitrogen functional groups attached to an aromatic ring is 1. The van der Waals surface area contributed by atoms with Gasteiger partial charge in [-0.25, -0.2) is 15.0 Å². The van der Waals surface area contributed by atoms with Crippen LogP contribution in [0.25, 0.3) is 21.9 Å². The van der Waals surface area contributed by atoms with Gasteiger partial charge in [-0.1, -0.05) is 23.7 Å². The molecule has 1 aliphatic heterocycles. The number of rotatable bonds is 3. The fourth-order valence-corrected chi connectivity index (χ4v) is 5.87. The molecule has 170 valence electrons. The first-order valence-electron chi connectivity index (χ1n) is 10.7. The summed E-state index contributed by atoms with van der Waals surface area (Å²) < 4.78 is 8.81. The summed E-state index contributed by atoms with van der Waals surface area (Å²) in [5.41, 5.74) is 7.09. The number of nitrogens with two attached hydrogens (primary N) is 1. The molecule has 4 heterocycles. The molecule has 0 spiro atoms. The zero-order chi connectivity index (χ0) is 22.9. The van der Waals surface area contributed by atoms with Gasteiger partial charge in [0.15, 0.2) is 6.23 Å². The summed E-state index contributed by atoms with van der Waals surface area (Å²) in [6, 6.07) is 9.84. The molecule has 2 fully saturated rings. The Bertz CT molecular complexity index is 1400. The monoisotopic (exact) mass is 529 g/mol. The predicted octanol–water partition coefficient (Wildman–Crippen LogP) is 3.62. The Labute approximate surface area is 202 Å².